The Labute approximate surface area is 63.9 Å². The summed E-state index contributed by atoms with van der Waals surface area (Å²) in [6.45, 7) is 0.588. The highest BCUT2D eigenvalue weighted by atomic mass is 16.6. The zero-order valence-electron chi connectivity index (χ0n) is 5.82. The largest absolute Gasteiger partial charge is 0.507 e. The van der Waals surface area contributed by atoms with Crippen LogP contribution in [0.15, 0.2) is 18.2 Å². The molecular formula is C8H8O3. The van der Waals surface area contributed by atoms with E-state index in [1.54, 1.807) is 6.07 Å². The van der Waals surface area contributed by atoms with Gasteiger partial charge in [0.15, 0.2) is 0 Å². The molecule has 1 aromatic rings. The van der Waals surface area contributed by atoms with Crippen molar-refractivity contribution < 1.29 is 14.9 Å². The maximum absolute atomic E-state index is 9.26. The second-order valence-corrected chi connectivity index (χ2v) is 2.53. The third-order valence-electron chi connectivity index (χ3n) is 1.72. The predicted octanol–water partition coefficient (Wildman–Crippen LogP) is 1.17. The van der Waals surface area contributed by atoms with Gasteiger partial charge in [-0.2, -0.15) is 0 Å². The van der Waals surface area contributed by atoms with Crippen LogP contribution < -0.4 is 0 Å². The third-order valence-corrected chi connectivity index (χ3v) is 1.72. The fourth-order valence-electron chi connectivity index (χ4n) is 1.09. The van der Waals surface area contributed by atoms with Crippen LogP contribution in [0.2, 0.25) is 0 Å². The van der Waals surface area contributed by atoms with E-state index in [0.29, 0.717) is 12.2 Å². The van der Waals surface area contributed by atoms with E-state index in [1.807, 2.05) is 0 Å². The molecule has 2 rings (SSSR count). The maximum atomic E-state index is 9.26. The van der Waals surface area contributed by atoms with Crippen LogP contribution in [0.1, 0.15) is 11.7 Å². The van der Waals surface area contributed by atoms with Crippen molar-refractivity contribution in [2.45, 2.75) is 6.10 Å². The van der Waals surface area contributed by atoms with E-state index in [4.69, 9.17) is 4.74 Å². The summed E-state index contributed by atoms with van der Waals surface area (Å²) in [7, 11) is 0. The lowest BCUT2D eigenvalue weighted by atomic mass is 10.1. The van der Waals surface area contributed by atoms with Crippen molar-refractivity contribution in [3.8, 4) is 11.5 Å². The van der Waals surface area contributed by atoms with Gasteiger partial charge in [0, 0.05) is 0 Å². The molecule has 11 heavy (non-hydrogen) atoms. The molecular weight excluding hydrogens is 144 g/mol. The monoisotopic (exact) mass is 152 g/mol. The zero-order valence-corrected chi connectivity index (χ0v) is 5.82. The van der Waals surface area contributed by atoms with Gasteiger partial charge >= 0.3 is 0 Å². The van der Waals surface area contributed by atoms with Crippen LogP contribution >= 0.6 is 0 Å². The molecule has 1 unspecified atom stereocenters. The number of hydrogen-bond acceptors (Lipinski definition) is 3. The van der Waals surface area contributed by atoms with Crippen molar-refractivity contribution in [2.24, 2.45) is 0 Å². The third kappa shape index (κ3) is 1.03. The van der Waals surface area contributed by atoms with Crippen LogP contribution in [0.3, 0.4) is 0 Å². The molecule has 3 heteroatoms. The molecule has 0 aromatic heterocycles. The average molecular weight is 152 g/mol. The predicted molar refractivity (Wildman–Crippen MR) is 38.5 cm³/mol. The van der Waals surface area contributed by atoms with Gasteiger partial charge in [0.05, 0.1) is 12.2 Å². The average Bonchev–Trinajstić information content (AvgIpc) is 2.70. The van der Waals surface area contributed by atoms with Crippen LogP contribution in [0, 0.1) is 0 Å². The van der Waals surface area contributed by atoms with Crippen molar-refractivity contribution in [3.63, 3.8) is 0 Å². The number of aromatic hydroxyl groups is 2. The molecule has 0 bridgehead atoms. The number of rotatable bonds is 1. The lowest BCUT2D eigenvalue weighted by molar-refractivity contribution is 0.384. The summed E-state index contributed by atoms with van der Waals surface area (Å²) in [6, 6.07) is 4.67. The van der Waals surface area contributed by atoms with E-state index in [1.165, 1.54) is 12.1 Å². The molecule has 0 radical (unpaired) electrons. The molecule has 58 valence electrons. The fraction of sp³-hybridized carbons (Fsp3) is 0.250. The summed E-state index contributed by atoms with van der Waals surface area (Å²) in [6.07, 6.45) is -0.101. The van der Waals surface area contributed by atoms with E-state index in [0.717, 1.165) is 0 Å². The molecule has 1 aliphatic rings. The van der Waals surface area contributed by atoms with Crippen LogP contribution in [0.25, 0.3) is 0 Å². The van der Waals surface area contributed by atoms with Gasteiger partial charge in [-0.05, 0) is 12.1 Å². The van der Waals surface area contributed by atoms with E-state index in [9.17, 15) is 10.2 Å². The minimum atomic E-state index is -0.101. The molecule has 1 atom stereocenters. The van der Waals surface area contributed by atoms with Gasteiger partial charge in [-0.1, -0.05) is 6.07 Å². The van der Waals surface area contributed by atoms with Gasteiger partial charge < -0.3 is 14.9 Å². The topological polar surface area (TPSA) is 53.0 Å². The summed E-state index contributed by atoms with van der Waals surface area (Å²) in [4.78, 5) is 0. The number of hydrogen-bond donors (Lipinski definition) is 2. The number of ether oxygens (including phenoxy) is 1. The lowest BCUT2D eigenvalue weighted by Gasteiger charge is -2.01. The Balaban J connectivity index is 2.48. The highest BCUT2D eigenvalue weighted by Crippen LogP contribution is 2.40. The highest BCUT2D eigenvalue weighted by Gasteiger charge is 2.30. The molecule has 0 amide bonds. The SMILES string of the molecule is Oc1cccc(O)c1C1CO1. The van der Waals surface area contributed by atoms with Crippen molar-refractivity contribution in [1.29, 1.82) is 0 Å². The highest BCUT2D eigenvalue weighted by molar-refractivity contribution is 5.45. The summed E-state index contributed by atoms with van der Waals surface area (Å²) < 4.78 is 4.94. The van der Waals surface area contributed by atoms with E-state index in [2.05, 4.69) is 0 Å². The van der Waals surface area contributed by atoms with Crippen LogP contribution in [-0.2, 0) is 4.74 Å². The Bertz CT molecular complexity index is 258. The molecule has 3 nitrogen and oxygen atoms in total. The zero-order chi connectivity index (χ0) is 7.84. The molecule has 0 saturated carbocycles. The van der Waals surface area contributed by atoms with Crippen molar-refractivity contribution >= 4 is 0 Å². The van der Waals surface area contributed by atoms with Crippen LogP contribution in [0.5, 0.6) is 11.5 Å². The molecule has 2 N–H and O–H groups in total. The summed E-state index contributed by atoms with van der Waals surface area (Å²) in [5.74, 6) is 0.208. The first kappa shape index (κ1) is 6.49. The molecule has 1 aliphatic heterocycles. The molecule has 0 spiro atoms. The summed E-state index contributed by atoms with van der Waals surface area (Å²) in [5.41, 5.74) is 0.507. The Morgan fingerprint density at radius 2 is 1.82 bits per heavy atom. The molecule has 1 saturated heterocycles. The number of phenols is 2. The van der Waals surface area contributed by atoms with Crippen LogP contribution in [0.4, 0.5) is 0 Å². The van der Waals surface area contributed by atoms with Crippen molar-refractivity contribution in [2.75, 3.05) is 6.61 Å². The Hall–Kier alpha value is -1.22. The van der Waals surface area contributed by atoms with Crippen molar-refractivity contribution in [3.05, 3.63) is 23.8 Å². The van der Waals surface area contributed by atoms with Gasteiger partial charge in [-0.15, -0.1) is 0 Å². The van der Waals surface area contributed by atoms with Gasteiger partial charge in [0.1, 0.15) is 17.6 Å². The quantitative estimate of drug-likeness (QED) is 0.594. The van der Waals surface area contributed by atoms with Crippen molar-refractivity contribution in [1.82, 2.24) is 0 Å². The van der Waals surface area contributed by atoms with Gasteiger partial charge in [0.2, 0.25) is 0 Å². The summed E-state index contributed by atoms with van der Waals surface area (Å²) in [5, 5.41) is 18.5. The number of phenolic OH excluding ortho intramolecular Hbond substituents is 2. The maximum Gasteiger partial charge on any atom is 0.125 e. The van der Waals surface area contributed by atoms with Gasteiger partial charge in [0.25, 0.3) is 0 Å². The van der Waals surface area contributed by atoms with Crippen LogP contribution in [-0.4, -0.2) is 16.8 Å². The first-order valence-electron chi connectivity index (χ1n) is 3.41. The smallest absolute Gasteiger partial charge is 0.125 e. The Morgan fingerprint density at radius 3 is 2.27 bits per heavy atom. The number of benzene rings is 1. The Morgan fingerprint density at radius 1 is 1.27 bits per heavy atom. The standard InChI is InChI=1S/C8H8O3/c9-5-2-1-3-6(10)8(5)7-4-11-7/h1-3,7,9-10H,4H2. The second kappa shape index (κ2) is 2.13. The molecule has 1 fully saturated rings. The fourth-order valence-corrected chi connectivity index (χ4v) is 1.09. The molecule has 1 aromatic carbocycles. The van der Waals surface area contributed by atoms with Gasteiger partial charge in [-0.3, -0.25) is 0 Å². The number of epoxide rings is 1. The first-order chi connectivity index (χ1) is 5.29. The lowest BCUT2D eigenvalue weighted by Crippen LogP contribution is -1.82. The van der Waals surface area contributed by atoms with E-state index >= 15 is 0 Å². The minimum absolute atomic E-state index is 0.101. The summed E-state index contributed by atoms with van der Waals surface area (Å²) >= 11 is 0. The first-order valence-corrected chi connectivity index (χ1v) is 3.41. The molecule has 1 heterocycles. The minimum Gasteiger partial charge on any atom is -0.507 e. The second-order valence-electron chi connectivity index (χ2n) is 2.53. The van der Waals surface area contributed by atoms with Gasteiger partial charge in [-0.25, -0.2) is 0 Å². The molecule has 0 aliphatic carbocycles. The Kier molecular flexibility index (Phi) is 1.26. The van der Waals surface area contributed by atoms with E-state index < -0.39 is 0 Å². The van der Waals surface area contributed by atoms with E-state index in [-0.39, 0.29) is 17.6 Å². The normalized spacial score (nSPS) is 21.6.